The predicted molar refractivity (Wildman–Crippen MR) is 143 cm³/mol. The molecule has 0 fully saturated rings. The van der Waals surface area contributed by atoms with Gasteiger partial charge in [-0.1, -0.05) is 60.7 Å². The van der Waals surface area contributed by atoms with E-state index >= 15 is 0 Å². The number of aromatic nitrogens is 1. The SMILES string of the molecule is NCCCCc1c(-c2cccc(Oc3ccccc3)c2)[nH]c2ccc(OCc3ccccc3)cc12. The molecule has 35 heavy (non-hydrogen) atoms. The number of fused-ring (bicyclic) bond motifs is 1. The Bertz CT molecular complexity index is 1380. The maximum Gasteiger partial charge on any atom is 0.128 e. The average Bonchev–Trinajstić information content (AvgIpc) is 3.27. The third kappa shape index (κ3) is 5.56. The minimum Gasteiger partial charge on any atom is -0.489 e. The Kier molecular flexibility index (Phi) is 7.11. The molecule has 0 spiro atoms. The number of aromatic amines is 1. The van der Waals surface area contributed by atoms with Gasteiger partial charge in [0, 0.05) is 22.2 Å². The summed E-state index contributed by atoms with van der Waals surface area (Å²) >= 11 is 0. The lowest BCUT2D eigenvalue weighted by Gasteiger charge is -2.09. The molecule has 0 amide bonds. The van der Waals surface area contributed by atoms with E-state index in [1.807, 2.05) is 66.7 Å². The number of ether oxygens (including phenoxy) is 2. The van der Waals surface area contributed by atoms with E-state index in [0.29, 0.717) is 13.2 Å². The number of unbranched alkanes of at least 4 members (excludes halogenated alkanes) is 1. The molecule has 0 atom stereocenters. The van der Waals surface area contributed by atoms with Gasteiger partial charge in [-0.15, -0.1) is 0 Å². The predicted octanol–water partition coefficient (Wildman–Crippen LogP) is 7.49. The number of benzene rings is 4. The molecule has 0 radical (unpaired) electrons. The zero-order valence-corrected chi connectivity index (χ0v) is 19.7. The van der Waals surface area contributed by atoms with Crippen LogP contribution in [0.3, 0.4) is 0 Å². The first-order chi connectivity index (χ1) is 17.3. The van der Waals surface area contributed by atoms with Crippen LogP contribution in [0.25, 0.3) is 22.2 Å². The number of H-pyrrole nitrogens is 1. The van der Waals surface area contributed by atoms with Gasteiger partial charge in [0.2, 0.25) is 0 Å². The van der Waals surface area contributed by atoms with Gasteiger partial charge in [0.15, 0.2) is 0 Å². The second kappa shape index (κ2) is 10.9. The van der Waals surface area contributed by atoms with Gasteiger partial charge in [-0.05, 0) is 79.4 Å². The van der Waals surface area contributed by atoms with Crippen LogP contribution in [0.15, 0.2) is 103 Å². The highest BCUT2D eigenvalue weighted by Gasteiger charge is 2.15. The Labute approximate surface area is 206 Å². The van der Waals surface area contributed by atoms with Crippen molar-refractivity contribution in [2.75, 3.05) is 6.54 Å². The van der Waals surface area contributed by atoms with Crippen LogP contribution in [0.2, 0.25) is 0 Å². The number of hydrogen-bond acceptors (Lipinski definition) is 3. The third-order valence-corrected chi connectivity index (χ3v) is 6.11. The average molecular weight is 463 g/mol. The molecule has 0 aliphatic rings. The monoisotopic (exact) mass is 462 g/mol. The van der Waals surface area contributed by atoms with Crippen molar-refractivity contribution in [2.45, 2.75) is 25.9 Å². The number of rotatable bonds is 10. The molecule has 0 bridgehead atoms. The second-order valence-electron chi connectivity index (χ2n) is 8.65. The molecule has 4 aromatic carbocycles. The standard InChI is InChI=1S/C31H30N2O2/c32-19-8-7-16-28-29-21-26(34-22-23-10-3-1-4-11-23)17-18-30(29)33-31(28)24-12-9-15-27(20-24)35-25-13-5-2-6-14-25/h1-6,9-15,17-18,20-21,33H,7-8,16,19,22,32H2. The van der Waals surface area contributed by atoms with Gasteiger partial charge in [0.05, 0.1) is 0 Å². The van der Waals surface area contributed by atoms with Crippen molar-refractivity contribution in [3.05, 3.63) is 114 Å². The van der Waals surface area contributed by atoms with E-state index in [-0.39, 0.29) is 0 Å². The fourth-order valence-corrected chi connectivity index (χ4v) is 4.35. The molecule has 0 aliphatic carbocycles. The highest BCUT2D eigenvalue weighted by molar-refractivity contribution is 5.92. The van der Waals surface area contributed by atoms with E-state index in [1.165, 1.54) is 10.9 Å². The molecule has 0 unspecified atom stereocenters. The van der Waals surface area contributed by atoms with E-state index < -0.39 is 0 Å². The maximum absolute atomic E-state index is 6.13. The molecule has 1 aromatic heterocycles. The van der Waals surface area contributed by atoms with Gasteiger partial charge < -0.3 is 20.2 Å². The zero-order chi connectivity index (χ0) is 23.9. The van der Waals surface area contributed by atoms with E-state index in [4.69, 9.17) is 15.2 Å². The molecule has 3 N–H and O–H groups in total. The van der Waals surface area contributed by atoms with E-state index in [1.54, 1.807) is 0 Å². The second-order valence-corrected chi connectivity index (χ2v) is 8.65. The molecular formula is C31H30N2O2. The molecule has 5 rings (SSSR count). The maximum atomic E-state index is 6.13. The topological polar surface area (TPSA) is 60.3 Å². The molecule has 0 aliphatic heterocycles. The van der Waals surface area contributed by atoms with Gasteiger partial charge in [-0.25, -0.2) is 0 Å². The largest absolute Gasteiger partial charge is 0.489 e. The smallest absolute Gasteiger partial charge is 0.128 e. The van der Waals surface area contributed by atoms with Crippen molar-refractivity contribution in [3.8, 4) is 28.5 Å². The molecule has 1 heterocycles. The first-order valence-electron chi connectivity index (χ1n) is 12.1. The quantitative estimate of drug-likeness (QED) is 0.211. The lowest BCUT2D eigenvalue weighted by atomic mass is 10.00. The zero-order valence-electron chi connectivity index (χ0n) is 19.7. The summed E-state index contributed by atoms with van der Waals surface area (Å²) in [6.45, 7) is 1.24. The number of hydrogen-bond donors (Lipinski definition) is 2. The molecule has 176 valence electrons. The van der Waals surface area contributed by atoms with Gasteiger partial charge in [-0.2, -0.15) is 0 Å². The van der Waals surface area contributed by atoms with E-state index in [9.17, 15) is 0 Å². The first kappa shape index (κ1) is 22.8. The van der Waals surface area contributed by atoms with Crippen molar-refractivity contribution >= 4 is 10.9 Å². The van der Waals surface area contributed by atoms with Crippen LogP contribution >= 0.6 is 0 Å². The summed E-state index contributed by atoms with van der Waals surface area (Å²) in [5.74, 6) is 2.50. The van der Waals surface area contributed by atoms with Crippen molar-refractivity contribution in [1.82, 2.24) is 4.98 Å². The van der Waals surface area contributed by atoms with Crippen LogP contribution in [0.4, 0.5) is 0 Å². The fourth-order valence-electron chi connectivity index (χ4n) is 4.35. The van der Waals surface area contributed by atoms with Gasteiger partial charge in [0.25, 0.3) is 0 Å². The number of para-hydroxylation sites is 1. The number of nitrogens with two attached hydrogens (primary N) is 1. The molecule has 4 heteroatoms. The van der Waals surface area contributed by atoms with Crippen LogP contribution in [0.1, 0.15) is 24.0 Å². The minimum atomic E-state index is 0.547. The molecule has 4 nitrogen and oxygen atoms in total. The summed E-state index contributed by atoms with van der Waals surface area (Å²) in [5, 5.41) is 1.19. The Morgan fingerprint density at radius 1 is 0.686 bits per heavy atom. The van der Waals surface area contributed by atoms with Crippen LogP contribution in [0, 0.1) is 0 Å². The normalized spacial score (nSPS) is 11.0. The lowest BCUT2D eigenvalue weighted by molar-refractivity contribution is 0.306. The summed E-state index contributed by atoms with van der Waals surface area (Å²) in [5.41, 5.74) is 11.6. The Balaban J connectivity index is 1.47. The van der Waals surface area contributed by atoms with E-state index in [0.717, 1.165) is 58.8 Å². The molecule has 0 saturated carbocycles. The minimum absolute atomic E-state index is 0.547. The Hall–Kier alpha value is -4.02. The first-order valence-corrected chi connectivity index (χ1v) is 12.1. The Morgan fingerprint density at radius 3 is 2.26 bits per heavy atom. The van der Waals surface area contributed by atoms with Crippen molar-refractivity contribution in [1.29, 1.82) is 0 Å². The van der Waals surface area contributed by atoms with Crippen molar-refractivity contribution in [2.24, 2.45) is 5.73 Å². The summed E-state index contributed by atoms with van der Waals surface area (Å²) < 4.78 is 12.2. The van der Waals surface area contributed by atoms with E-state index in [2.05, 4.69) is 41.4 Å². The molecule has 0 saturated heterocycles. The van der Waals surface area contributed by atoms with Gasteiger partial charge in [-0.3, -0.25) is 0 Å². The van der Waals surface area contributed by atoms with Crippen molar-refractivity contribution < 1.29 is 9.47 Å². The van der Waals surface area contributed by atoms with Crippen LogP contribution in [0.5, 0.6) is 17.2 Å². The summed E-state index contributed by atoms with van der Waals surface area (Å²) in [6.07, 6.45) is 2.97. The lowest BCUT2D eigenvalue weighted by Crippen LogP contribution is -1.99. The highest BCUT2D eigenvalue weighted by atomic mass is 16.5. The molecular weight excluding hydrogens is 432 g/mol. The van der Waals surface area contributed by atoms with Gasteiger partial charge >= 0.3 is 0 Å². The Morgan fingerprint density at radius 2 is 1.46 bits per heavy atom. The fraction of sp³-hybridized carbons (Fsp3) is 0.161. The molecule has 5 aromatic rings. The third-order valence-electron chi connectivity index (χ3n) is 6.11. The number of aryl methyl sites for hydroxylation is 1. The number of nitrogens with one attached hydrogen (secondary N) is 1. The van der Waals surface area contributed by atoms with Crippen LogP contribution < -0.4 is 15.2 Å². The van der Waals surface area contributed by atoms with Gasteiger partial charge in [0.1, 0.15) is 23.9 Å². The van der Waals surface area contributed by atoms with Crippen molar-refractivity contribution in [3.63, 3.8) is 0 Å². The van der Waals surface area contributed by atoms with Crippen LogP contribution in [-0.2, 0) is 13.0 Å². The summed E-state index contributed by atoms with van der Waals surface area (Å²) in [7, 11) is 0. The van der Waals surface area contributed by atoms with Crippen LogP contribution in [-0.4, -0.2) is 11.5 Å². The highest BCUT2D eigenvalue weighted by Crippen LogP contribution is 2.35. The summed E-state index contributed by atoms with van der Waals surface area (Å²) in [4.78, 5) is 3.66. The summed E-state index contributed by atoms with van der Waals surface area (Å²) in [6, 6.07) is 34.6.